The molecule has 0 spiro atoms. The molecule has 26 heavy (non-hydrogen) atoms. The van der Waals surface area contributed by atoms with Crippen LogP contribution in [0.3, 0.4) is 0 Å². The van der Waals surface area contributed by atoms with Gasteiger partial charge >= 0.3 is 0 Å². The number of benzene rings is 1. The van der Waals surface area contributed by atoms with Crippen molar-refractivity contribution in [3.63, 3.8) is 0 Å². The predicted molar refractivity (Wildman–Crippen MR) is 104 cm³/mol. The molecule has 0 amide bonds. The zero-order valence-electron chi connectivity index (χ0n) is 15.2. The Kier molecular flexibility index (Phi) is 3.94. The van der Waals surface area contributed by atoms with Crippen LogP contribution in [0.4, 0.5) is 0 Å². The van der Waals surface area contributed by atoms with E-state index in [1.165, 1.54) is 40.6 Å². The molecule has 1 fully saturated rings. The van der Waals surface area contributed by atoms with Gasteiger partial charge in [0, 0.05) is 34.1 Å². The van der Waals surface area contributed by atoms with Crippen LogP contribution in [0.5, 0.6) is 0 Å². The Morgan fingerprint density at radius 2 is 2.12 bits per heavy atom. The van der Waals surface area contributed by atoms with E-state index >= 15 is 0 Å². The van der Waals surface area contributed by atoms with Crippen molar-refractivity contribution in [2.24, 2.45) is 10.9 Å². The Morgan fingerprint density at radius 1 is 1.31 bits per heavy atom. The molecule has 1 aliphatic rings. The van der Waals surface area contributed by atoms with Gasteiger partial charge in [0.15, 0.2) is 5.84 Å². The highest BCUT2D eigenvalue weighted by Gasteiger charge is 2.42. The third kappa shape index (κ3) is 2.83. The van der Waals surface area contributed by atoms with Crippen LogP contribution in [0.1, 0.15) is 54.9 Å². The molecule has 1 aliphatic carbocycles. The molecule has 4 rings (SSSR count). The fourth-order valence-corrected chi connectivity index (χ4v) is 3.61. The van der Waals surface area contributed by atoms with Crippen LogP contribution in [0, 0.1) is 0 Å². The number of nitrogens with zero attached hydrogens (tertiary/aromatic N) is 2. The lowest BCUT2D eigenvalue weighted by atomic mass is 9.96. The molecule has 4 N–H and O–H groups in total. The SMILES string of the molecule is CCc1ccc2c(Cc3cccc(C(N)=NO)n3)c(C3(C)CC3)[nH]c2c1. The van der Waals surface area contributed by atoms with Gasteiger partial charge in [0.05, 0.1) is 0 Å². The number of hydrogen-bond donors (Lipinski definition) is 3. The van der Waals surface area contributed by atoms with Crippen molar-refractivity contribution in [2.75, 3.05) is 0 Å². The van der Waals surface area contributed by atoms with E-state index in [0.29, 0.717) is 5.69 Å². The van der Waals surface area contributed by atoms with Crippen molar-refractivity contribution >= 4 is 16.7 Å². The first-order valence-corrected chi connectivity index (χ1v) is 9.12. The van der Waals surface area contributed by atoms with Crippen LogP contribution in [0.25, 0.3) is 10.9 Å². The molecular weight excluding hydrogens is 324 g/mol. The van der Waals surface area contributed by atoms with Crippen LogP contribution >= 0.6 is 0 Å². The number of rotatable bonds is 5. The van der Waals surface area contributed by atoms with E-state index in [1.54, 1.807) is 6.07 Å². The van der Waals surface area contributed by atoms with Crippen molar-refractivity contribution in [1.82, 2.24) is 9.97 Å². The fourth-order valence-electron chi connectivity index (χ4n) is 3.61. The monoisotopic (exact) mass is 348 g/mol. The first-order valence-electron chi connectivity index (χ1n) is 9.12. The summed E-state index contributed by atoms with van der Waals surface area (Å²) < 4.78 is 0. The van der Waals surface area contributed by atoms with Crippen molar-refractivity contribution in [2.45, 2.75) is 44.9 Å². The topological polar surface area (TPSA) is 87.3 Å². The van der Waals surface area contributed by atoms with Gasteiger partial charge in [-0.25, -0.2) is 4.98 Å². The van der Waals surface area contributed by atoms with E-state index in [0.717, 1.165) is 18.5 Å². The molecule has 3 aromatic rings. The van der Waals surface area contributed by atoms with E-state index in [2.05, 4.69) is 47.2 Å². The lowest BCUT2D eigenvalue weighted by Gasteiger charge is -2.11. The highest BCUT2D eigenvalue weighted by molar-refractivity contribution is 5.95. The summed E-state index contributed by atoms with van der Waals surface area (Å²) in [6, 6.07) is 12.3. The number of aryl methyl sites for hydroxylation is 1. The second kappa shape index (κ2) is 6.16. The predicted octanol–water partition coefficient (Wildman–Crippen LogP) is 3.86. The van der Waals surface area contributed by atoms with Gasteiger partial charge in [-0.15, -0.1) is 0 Å². The molecule has 0 saturated heterocycles. The molecule has 0 atom stereocenters. The third-order valence-corrected chi connectivity index (χ3v) is 5.52. The minimum atomic E-state index is 0.0349. The Labute approximate surface area is 152 Å². The second-order valence-electron chi connectivity index (χ2n) is 7.45. The molecule has 134 valence electrons. The first-order chi connectivity index (χ1) is 12.5. The Hall–Kier alpha value is -2.82. The summed E-state index contributed by atoms with van der Waals surface area (Å²) in [5.41, 5.74) is 12.5. The summed E-state index contributed by atoms with van der Waals surface area (Å²) >= 11 is 0. The van der Waals surface area contributed by atoms with Crippen molar-refractivity contribution in [3.8, 4) is 0 Å². The molecule has 0 aliphatic heterocycles. The highest BCUT2D eigenvalue weighted by Crippen LogP contribution is 2.50. The molecule has 2 heterocycles. The number of aromatic amines is 1. The normalized spacial score (nSPS) is 16.2. The summed E-state index contributed by atoms with van der Waals surface area (Å²) in [5, 5.41) is 13.2. The largest absolute Gasteiger partial charge is 0.409 e. The smallest absolute Gasteiger partial charge is 0.188 e. The minimum Gasteiger partial charge on any atom is -0.409 e. The molecule has 1 saturated carbocycles. The number of aromatic nitrogens is 2. The quantitative estimate of drug-likeness (QED) is 0.283. The van der Waals surface area contributed by atoms with Gasteiger partial charge in [-0.05, 0) is 48.6 Å². The molecule has 5 nitrogen and oxygen atoms in total. The number of amidine groups is 1. The van der Waals surface area contributed by atoms with Crippen molar-refractivity contribution < 1.29 is 5.21 Å². The molecule has 0 unspecified atom stereocenters. The molecule has 5 heteroatoms. The van der Waals surface area contributed by atoms with Gasteiger partial charge in [-0.1, -0.05) is 37.2 Å². The van der Waals surface area contributed by atoms with Gasteiger partial charge in [0.2, 0.25) is 0 Å². The van der Waals surface area contributed by atoms with E-state index in [1.807, 2.05) is 12.1 Å². The molecular formula is C21H24N4O. The second-order valence-corrected chi connectivity index (χ2v) is 7.45. The molecule has 2 aromatic heterocycles. The summed E-state index contributed by atoms with van der Waals surface area (Å²) in [4.78, 5) is 8.27. The zero-order valence-corrected chi connectivity index (χ0v) is 15.2. The summed E-state index contributed by atoms with van der Waals surface area (Å²) in [5.74, 6) is 0.0349. The van der Waals surface area contributed by atoms with Gasteiger partial charge in [0.1, 0.15) is 5.69 Å². The van der Waals surface area contributed by atoms with Crippen LogP contribution in [-0.2, 0) is 18.3 Å². The van der Waals surface area contributed by atoms with E-state index in [4.69, 9.17) is 10.9 Å². The third-order valence-electron chi connectivity index (χ3n) is 5.52. The Bertz CT molecular complexity index is 998. The molecule has 0 radical (unpaired) electrons. The fraction of sp³-hybridized carbons (Fsp3) is 0.333. The number of oxime groups is 1. The van der Waals surface area contributed by atoms with Gasteiger partial charge in [0.25, 0.3) is 0 Å². The minimum absolute atomic E-state index is 0.0349. The number of hydrogen-bond acceptors (Lipinski definition) is 3. The number of fused-ring (bicyclic) bond motifs is 1. The number of H-pyrrole nitrogens is 1. The standard InChI is InChI=1S/C21H24N4O/c1-3-13-7-8-15-16(19(21(2)9-10-21)24-18(15)11-13)12-14-5-4-6-17(23-14)20(22)25-26/h4-8,11,24,26H,3,9-10,12H2,1-2H3,(H2,22,25). The number of nitrogens with two attached hydrogens (primary N) is 1. The van der Waals surface area contributed by atoms with Crippen LogP contribution < -0.4 is 5.73 Å². The lowest BCUT2D eigenvalue weighted by molar-refractivity contribution is 0.318. The summed E-state index contributed by atoms with van der Waals surface area (Å²) in [6.07, 6.45) is 4.18. The zero-order chi connectivity index (χ0) is 18.3. The first kappa shape index (κ1) is 16.6. The van der Waals surface area contributed by atoms with Gasteiger partial charge in [-0.2, -0.15) is 0 Å². The van der Waals surface area contributed by atoms with Gasteiger partial charge < -0.3 is 15.9 Å². The molecule has 0 bridgehead atoms. The van der Waals surface area contributed by atoms with Crippen molar-refractivity contribution in [3.05, 3.63) is 64.6 Å². The van der Waals surface area contributed by atoms with Crippen LogP contribution in [-0.4, -0.2) is 21.0 Å². The lowest BCUT2D eigenvalue weighted by Crippen LogP contribution is -2.15. The maximum atomic E-state index is 8.90. The van der Waals surface area contributed by atoms with E-state index < -0.39 is 0 Å². The maximum Gasteiger partial charge on any atom is 0.188 e. The summed E-state index contributed by atoms with van der Waals surface area (Å²) in [7, 11) is 0. The Balaban J connectivity index is 1.80. The molecule has 1 aromatic carbocycles. The van der Waals surface area contributed by atoms with Gasteiger partial charge in [-0.3, -0.25) is 0 Å². The van der Waals surface area contributed by atoms with Crippen molar-refractivity contribution in [1.29, 1.82) is 0 Å². The highest BCUT2D eigenvalue weighted by atomic mass is 16.4. The number of nitrogens with one attached hydrogen (secondary N) is 1. The van der Waals surface area contributed by atoms with Crippen LogP contribution in [0.2, 0.25) is 0 Å². The number of pyridine rings is 1. The van der Waals surface area contributed by atoms with E-state index in [-0.39, 0.29) is 11.3 Å². The van der Waals surface area contributed by atoms with Crippen LogP contribution in [0.15, 0.2) is 41.6 Å². The maximum absolute atomic E-state index is 8.90. The Morgan fingerprint density at radius 3 is 2.81 bits per heavy atom. The average molecular weight is 348 g/mol. The van der Waals surface area contributed by atoms with E-state index in [9.17, 15) is 0 Å². The average Bonchev–Trinajstić information content (AvgIpc) is 3.32. The summed E-state index contributed by atoms with van der Waals surface area (Å²) in [6.45, 7) is 4.50.